The van der Waals surface area contributed by atoms with Crippen LogP contribution in [0.25, 0.3) is 0 Å². The minimum absolute atomic E-state index is 0.182. The van der Waals surface area contributed by atoms with Crippen molar-refractivity contribution in [2.24, 2.45) is 0 Å². The second kappa shape index (κ2) is 9.75. The molecular weight excluding hydrogens is 416 g/mol. The van der Waals surface area contributed by atoms with Gasteiger partial charge in [0.2, 0.25) is 0 Å². The molecule has 3 aromatic rings. The predicted octanol–water partition coefficient (Wildman–Crippen LogP) is 3.31. The highest BCUT2D eigenvalue weighted by Crippen LogP contribution is 2.20. The molecule has 8 heteroatoms. The van der Waals surface area contributed by atoms with E-state index in [1.54, 1.807) is 6.20 Å². The SMILES string of the molecule is Cc1cc(C#Cc2ccccc2)cnc1NC(=O)c1c(Cl)cnn1C[C@@H]1COCCO1. The molecule has 0 spiro atoms. The molecule has 31 heavy (non-hydrogen) atoms. The van der Waals surface area contributed by atoms with Crippen LogP contribution in [-0.4, -0.2) is 46.6 Å². The van der Waals surface area contributed by atoms with E-state index in [0.717, 1.165) is 16.7 Å². The van der Waals surface area contributed by atoms with Crippen LogP contribution < -0.4 is 5.32 Å². The molecular formula is C23H21ClN4O3. The third-order valence-electron chi connectivity index (χ3n) is 4.71. The molecule has 0 unspecified atom stereocenters. The lowest BCUT2D eigenvalue weighted by atomic mass is 10.1. The molecule has 1 aromatic carbocycles. The van der Waals surface area contributed by atoms with Crippen LogP contribution in [0.2, 0.25) is 5.02 Å². The highest BCUT2D eigenvalue weighted by molar-refractivity contribution is 6.34. The molecule has 2 aromatic heterocycles. The van der Waals surface area contributed by atoms with Crippen molar-refractivity contribution >= 4 is 23.3 Å². The molecule has 1 saturated heterocycles. The Kier molecular flexibility index (Phi) is 6.63. The lowest BCUT2D eigenvalue weighted by Gasteiger charge is -2.23. The number of anilines is 1. The maximum absolute atomic E-state index is 12.9. The summed E-state index contributed by atoms with van der Waals surface area (Å²) in [5.74, 6) is 6.23. The summed E-state index contributed by atoms with van der Waals surface area (Å²) >= 11 is 6.23. The van der Waals surface area contributed by atoms with Gasteiger partial charge in [-0.2, -0.15) is 5.10 Å². The van der Waals surface area contributed by atoms with Crippen molar-refractivity contribution in [1.29, 1.82) is 0 Å². The van der Waals surface area contributed by atoms with Gasteiger partial charge in [0.1, 0.15) is 17.6 Å². The number of hydrogen-bond acceptors (Lipinski definition) is 5. The topological polar surface area (TPSA) is 78.3 Å². The van der Waals surface area contributed by atoms with Crippen molar-refractivity contribution < 1.29 is 14.3 Å². The van der Waals surface area contributed by atoms with Crippen molar-refractivity contribution in [1.82, 2.24) is 14.8 Å². The maximum Gasteiger partial charge on any atom is 0.276 e. The van der Waals surface area contributed by atoms with E-state index >= 15 is 0 Å². The summed E-state index contributed by atoms with van der Waals surface area (Å²) in [5, 5.41) is 7.29. The zero-order chi connectivity index (χ0) is 21.6. The highest BCUT2D eigenvalue weighted by Gasteiger charge is 2.23. The molecule has 0 saturated carbocycles. The number of pyridine rings is 1. The van der Waals surface area contributed by atoms with Gasteiger partial charge in [0.05, 0.1) is 37.6 Å². The van der Waals surface area contributed by atoms with Crippen LogP contribution in [0.3, 0.4) is 0 Å². The molecule has 1 aliphatic heterocycles. The van der Waals surface area contributed by atoms with Crippen molar-refractivity contribution in [2.45, 2.75) is 19.6 Å². The van der Waals surface area contributed by atoms with Crippen molar-refractivity contribution in [3.63, 3.8) is 0 Å². The quantitative estimate of drug-likeness (QED) is 0.635. The lowest BCUT2D eigenvalue weighted by Crippen LogP contribution is -2.34. The third-order valence-corrected chi connectivity index (χ3v) is 4.98. The summed E-state index contributed by atoms with van der Waals surface area (Å²) in [5.41, 5.74) is 2.73. The predicted molar refractivity (Wildman–Crippen MR) is 117 cm³/mol. The number of nitrogens with zero attached hydrogens (tertiary/aromatic N) is 3. The molecule has 7 nitrogen and oxygen atoms in total. The van der Waals surface area contributed by atoms with E-state index in [1.165, 1.54) is 10.9 Å². The standard InChI is InChI=1S/C23H21ClN4O3/c1-16-11-18(8-7-17-5-3-2-4-6-17)12-25-22(16)27-23(29)21-20(24)13-26-28(21)14-19-15-30-9-10-31-19/h2-6,11-13,19H,9-10,14-15H2,1H3,(H,25,27,29)/t19-/m1/s1. The van der Waals surface area contributed by atoms with Crippen LogP contribution in [0.5, 0.6) is 0 Å². The Bertz CT molecular complexity index is 1130. The summed E-state index contributed by atoms with van der Waals surface area (Å²) in [6.45, 7) is 3.77. The van der Waals surface area contributed by atoms with Gasteiger partial charge in [0.25, 0.3) is 5.91 Å². The minimum Gasteiger partial charge on any atom is -0.376 e. The Morgan fingerprint density at radius 3 is 2.77 bits per heavy atom. The van der Waals surface area contributed by atoms with Gasteiger partial charge in [0.15, 0.2) is 0 Å². The van der Waals surface area contributed by atoms with E-state index < -0.39 is 5.91 Å². The van der Waals surface area contributed by atoms with E-state index in [4.69, 9.17) is 21.1 Å². The number of halogens is 1. The molecule has 1 fully saturated rings. The van der Waals surface area contributed by atoms with Crippen molar-refractivity contribution in [2.75, 3.05) is 25.1 Å². The van der Waals surface area contributed by atoms with Crippen LogP contribution in [0.15, 0.2) is 48.8 Å². The van der Waals surface area contributed by atoms with E-state index in [-0.39, 0.29) is 16.8 Å². The molecule has 3 heterocycles. The van der Waals surface area contributed by atoms with E-state index in [2.05, 4.69) is 27.2 Å². The molecule has 1 N–H and O–H groups in total. The molecule has 1 atom stereocenters. The lowest BCUT2D eigenvalue weighted by molar-refractivity contribution is -0.0947. The molecule has 4 rings (SSSR count). The Labute approximate surface area is 185 Å². The fraction of sp³-hybridized carbons (Fsp3) is 0.261. The van der Waals surface area contributed by atoms with Gasteiger partial charge < -0.3 is 14.8 Å². The first kappa shape index (κ1) is 21.1. The van der Waals surface area contributed by atoms with Gasteiger partial charge >= 0.3 is 0 Å². The van der Waals surface area contributed by atoms with Gasteiger partial charge in [-0.25, -0.2) is 4.98 Å². The second-order valence-electron chi connectivity index (χ2n) is 7.05. The second-order valence-corrected chi connectivity index (χ2v) is 7.46. The zero-order valence-electron chi connectivity index (χ0n) is 17.0. The first-order chi connectivity index (χ1) is 15.1. The minimum atomic E-state index is -0.391. The molecule has 1 aliphatic rings. The number of benzene rings is 1. The fourth-order valence-corrected chi connectivity index (χ4v) is 3.40. The first-order valence-corrected chi connectivity index (χ1v) is 10.2. The summed E-state index contributed by atoms with van der Waals surface area (Å²) < 4.78 is 12.6. The van der Waals surface area contributed by atoms with E-state index in [9.17, 15) is 4.79 Å². The summed E-state index contributed by atoms with van der Waals surface area (Å²) in [7, 11) is 0. The summed E-state index contributed by atoms with van der Waals surface area (Å²) in [6.07, 6.45) is 2.89. The van der Waals surface area contributed by atoms with Crippen LogP contribution in [0.4, 0.5) is 5.82 Å². The summed E-state index contributed by atoms with van der Waals surface area (Å²) in [4.78, 5) is 17.3. The number of rotatable bonds is 4. The molecule has 1 amide bonds. The number of hydrogen-bond donors (Lipinski definition) is 1. The summed E-state index contributed by atoms with van der Waals surface area (Å²) in [6, 6.07) is 11.6. The Hall–Kier alpha value is -3.18. The van der Waals surface area contributed by atoms with Gasteiger partial charge in [-0.1, -0.05) is 41.6 Å². The number of ether oxygens (including phenoxy) is 2. The van der Waals surface area contributed by atoms with E-state index in [0.29, 0.717) is 32.2 Å². The largest absolute Gasteiger partial charge is 0.376 e. The average molecular weight is 437 g/mol. The van der Waals surface area contributed by atoms with Gasteiger partial charge in [0, 0.05) is 17.3 Å². The van der Waals surface area contributed by atoms with Crippen LogP contribution in [0.1, 0.15) is 27.2 Å². The normalized spacial score (nSPS) is 15.7. The third kappa shape index (κ3) is 5.30. The monoisotopic (exact) mass is 436 g/mol. The van der Waals surface area contributed by atoms with Crippen LogP contribution in [0, 0.1) is 18.8 Å². The molecule has 0 aliphatic carbocycles. The van der Waals surface area contributed by atoms with Gasteiger partial charge in [-0.3, -0.25) is 9.48 Å². The zero-order valence-corrected chi connectivity index (χ0v) is 17.7. The number of nitrogens with one attached hydrogen (secondary N) is 1. The van der Waals surface area contributed by atoms with E-state index in [1.807, 2.05) is 43.3 Å². The van der Waals surface area contributed by atoms with Gasteiger partial charge in [-0.05, 0) is 30.7 Å². The fourth-order valence-electron chi connectivity index (χ4n) is 3.17. The van der Waals surface area contributed by atoms with Gasteiger partial charge in [-0.15, -0.1) is 0 Å². The number of carbonyl (C=O) groups excluding carboxylic acids is 1. The smallest absolute Gasteiger partial charge is 0.276 e. The molecule has 0 bridgehead atoms. The average Bonchev–Trinajstić information content (AvgIpc) is 3.15. The number of aryl methyl sites for hydroxylation is 1. The number of amides is 1. The number of carbonyl (C=O) groups is 1. The molecule has 0 radical (unpaired) electrons. The molecule has 158 valence electrons. The first-order valence-electron chi connectivity index (χ1n) is 9.86. The Morgan fingerprint density at radius 1 is 1.23 bits per heavy atom. The highest BCUT2D eigenvalue weighted by atomic mass is 35.5. The Balaban J connectivity index is 1.48. The van der Waals surface area contributed by atoms with Crippen molar-refractivity contribution in [3.05, 3.63) is 76.2 Å². The Morgan fingerprint density at radius 2 is 2.03 bits per heavy atom. The maximum atomic E-state index is 12.9. The number of aromatic nitrogens is 3. The van der Waals surface area contributed by atoms with Crippen LogP contribution >= 0.6 is 11.6 Å². The van der Waals surface area contributed by atoms with Crippen molar-refractivity contribution in [3.8, 4) is 11.8 Å². The van der Waals surface area contributed by atoms with Crippen LogP contribution in [-0.2, 0) is 16.0 Å².